The van der Waals surface area contributed by atoms with Crippen molar-refractivity contribution in [1.82, 2.24) is 29.9 Å². The molecule has 1 N–H and O–H groups in total. The molecule has 3 heterocycles. The van der Waals surface area contributed by atoms with E-state index >= 15 is 0 Å². The molecule has 5 aromatic rings. The van der Waals surface area contributed by atoms with Crippen molar-refractivity contribution in [2.45, 2.75) is 0 Å². The first-order chi connectivity index (χ1) is 15.0. The van der Waals surface area contributed by atoms with Gasteiger partial charge in [0.2, 0.25) is 11.8 Å². The number of pyridine rings is 1. The molecule has 3 aromatic heterocycles. The maximum Gasteiger partial charge on any atom is 0.213 e. The second-order valence-electron chi connectivity index (χ2n) is 6.55. The van der Waals surface area contributed by atoms with E-state index in [2.05, 4.69) is 30.6 Å². The van der Waals surface area contributed by atoms with E-state index in [-0.39, 0.29) is 28.5 Å². The Labute approximate surface area is 172 Å². The monoisotopic (exact) mass is 423 g/mol. The summed E-state index contributed by atoms with van der Waals surface area (Å²) >= 11 is 0. The Hall–Kier alpha value is -4.28. The number of ether oxygens (including phenoxy) is 1. The first-order valence-electron chi connectivity index (χ1n) is 8.99. The van der Waals surface area contributed by atoms with Gasteiger partial charge in [-0.05, 0) is 36.4 Å². The zero-order chi connectivity index (χ0) is 21.5. The van der Waals surface area contributed by atoms with Gasteiger partial charge in [0.15, 0.2) is 17.4 Å². The van der Waals surface area contributed by atoms with Crippen molar-refractivity contribution < 1.29 is 17.9 Å². The van der Waals surface area contributed by atoms with Crippen molar-refractivity contribution in [2.24, 2.45) is 7.05 Å². The molecular weight excluding hydrogens is 411 g/mol. The predicted octanol–water partition coefficient (Wildman–Crippen LogP) is 4.26. The third-order valence-corrected chi connectivity index (χ3v) is 4.56. The molecule has 0 spiro atoms. The number of anilines is 2. The highest BCUT2D eigenvalue weighted by Crippen LogP contribution is 2.32. The van der Waals surface area contributed by atoms with Crippen molar-refractivity contribution in [2.75, 3.05) is 5.32 Å². The summed E-state index contributed by atoms with van der Waals surface area (Å²) in [5.41, 5.74) is 1.52. The van der Waals surface area contributed by atoms with E-state index in [1.165, 1.54) is 24.5 Å². The number of aryl methyl sites for hydroxylation is 1. The van der Waals surface area contributed by atoms with Crippen LogP contribution < -0.4 is 10.1 Å². The molecule has 0 bridgehead atoms. The van der Waals surface area contributed by atoms with Crippen LogP contribution >= 0.6 is 0 Å². The largest absolute Gasteiger partial charge is 0.454 e. The number of nitrogens with zero attached hydrogens (tertiary/aromatic N) is 6. The lowest BCUT2D eigenvalue weighted by Gasteiger charge is -2.12. The van der Waals surface area contributed by atoms with E-state index in [0.29, 0.717) is 11.0 Å². The molecule has 0 atom stereocenters. The number of hydrogen-bond acceptors (Lipinski definition) is 7. The average molecular weight is 423 g/mol. The summed E-state index contributed by atoms with van der Waals surface area (Å²) in [5.74, 6) is -3.16. The highest BCUT2D eigenvalue weighted by molar-refractivity contribution is 5.86. The van der Waals surface area contributed by atoms with Crippen LogP contribution in [0.5, 0.6) is 11.5 Å². The molecule has 0 radical (unpaired) electrons. The zero-order valence-corrected chi connectivity index (χ0v) is 15.8. The number of aromatic nitrogens is 6. The second kappa shape index (κ2) is 7.20. The molecule has 0 aliphatic rings. The van der Waals surface area contributed by atoms with Crippen LogP contribution in [-0.2, 0) is 7.05 Å². The number of fused-ring (bicyclic) bond motifs is 2. The highest BCUT2D eigenvalue weighted by Gasteiger charge is 2.17. The fraction of sp³-hybridized carbons (Fsp3) is 0.0500. The van der Waals surface area contributed by atoms with Gasteiger partial charge in [-0.3, -0.25) is 0 Å². The summed E-state index contributed by atoms with van der Waals surface area (Å²) < 4.78 is 49.9. The standard InChI is InChI=1S/C20H12F3N7O/c1-30-14-5-2-10(8-13(14)28-29-30)31-15-6-3-11(17(22)18(15)23)26-20-19-12(24-9-25-20)4-7-16(21)27-19/h2-9H,1H3,(H,24,25,26). The van der Waals surface area contributed by atoms with Crippen molar-refractivity contribution in [3.63, 3.8) is 0 Å². The third kappa shape index (κ3) is 3.35. The second-order valence-corrected chi connectivity index (χ2v) is 6.55. The van der Waals surface area contributed by atoms with Gasteiger partial charge in [-0.25, -0.2) is 24.0 Å². The Morgan fingerprint density at radius 3 is 2.68 bits per heavy atom. The number of rotatable bonds is 4. The average Bonchev–Trinajstić information content (AvgIpc) is 3.14. The lowest BCUT2D eigenvalue weighted by atomic mass is 10.2. The third-order valence-electron chi connectivity index (χ3n) is 4.56. The first-order valence-corrected chi connectivity index (χ1v) is 8.99. The summed E-state index contributed by atoms with van der Waals surface area (Å²) in [6, 6.07) is 9.97. The van der Waals surface area contributed by atoms with Crippen LogP contribution in [0, 0.1) is 17.6 Å². The fourth-order valence-electron chi connectivity index (χ4n) is 3.05. The minimum absolute atomic E-state index is 0.0320. The number of halogens is 3. The van der Waals surface area contributed by atoms with Gasteiger partial charge in [-0.15, -0.1) is 5.10 Å². The van der Waals surface area contributed by atoms with Crippen LogP contribution in [0.15, 0.2) is 48.8 Å². The molecule has 0 amide bonds. The van der Waals surface area contributed by atoms with E-state index in [4.69, 9.17) is 4.74 Å². The SMILES string of the molecule is Cn1nnc2cc(Oc3ccc(Nc4ncnc5ccc(F)nc45)c(F)c3F)ccc21. The molecule has 0 unspecified atom stereocenters. The highest BCUT2D eigenvalue weighted by atomic mass is 19.2. The predicted molar refractivity (Wildman–Crippen MR) is 106 cm³/mol. The normalized spacial score (nSPS) is 11.2. The van der Waals surface area contributed by atoms with E-state index in [1.54, 1.807) is 29.9 Å². The minimum atomic E-state index is -1.21. The van der Waals surface area contributed by atoms with Gasteiger partial charge in [0.05, 0.1) is 16.7 Å². The summed E-state index contributed by atoms with van der Waals surface area (Å²) in [4.78, 5) is 11.6. The van der Waals surface area contributed by atoms with Gasteiger partial charge >= 0.3 is 0 Å². The molecule has 0 saturated heterocycles. The molecule has 31 heavy (non-hydrogen) atoms. The molecule has 0 aliphatic carbocycles. The Morgan fingerprint density at radius 1 is 0.935 bits per heavy atom. The minimum Gasteiger partial charge on any atom is -0.454 e. The smallest absolute Gasteiger partial charge is 0.213 e. The quantitative estimate of drug-likeness (QED) is 0.432. The lowest BCUT2D eigenvalue weighted by Crippen LogP contribution is -2.02. The van der Waals surface area contributed by atoms with E-state index in [9.17, 15) is 13.2 Å². The van der Waals surface area contributed by atoms with E-state index in [1.807, 2.05) is 0 Å². The fourth-order valence-corrected chi connectivity index (χ4v) is 3.05. The molecule has 11 heteroatoms. The number of nitrogens with one attached hydrogen (secondary N) is 1. The van der Waals surface area contributed by atoms with Crippen molar-refractivity contribution >= 4 is 33.6 Å². The van der Waals surface area contributed by atoms with Crippen LogP contribution in [-0.4, -0.2) is 29.9 Å². The number of benzene rings is 2. The van der Waals surface area contributed by atoms with Crippen LogP contribution in [0.1, 0.15) is 0 Å². The molecule has 0 saturated carbocycles. The van der Waals surface area contributed by atoms with Crippen molar-refractivity contribution in [3.8, 4) is 11.5 Å². The van der Waals surface area contributed by atoms with Gasteiger partial charge in [0, 0.05) is 13.1 Å². The topological polar surface area (TPSA) is 90.6 Å². The molecular formula is C20H12F3N7O. The van der Waals surface area contributed by atoms with Gasteiger partial charge in [0.25, 0.3) is 0 Å². The Bertz CT molecular complexity index is 1450. The Kier molecular flexibility index (Phi) is 4.35. The molecule has 5 rings (SSSR count). The molecule has 0 aliphatic heterocycles. The summed E-state index contributed by atoms with van der Waals surface area (Å²) in [7, 11) is 1.74. The van der Waals surface area contributed by atoms with Gasteiger partial charge in [-0.2, -0.15) is 8.78 Å². The van der Waals surface area contributed by atoms with Crippen LogP contribution in [0.2, 0.25) is 0 Å². The molecule has 0 fully saturated rings. The van der Waals surface area contributed by atoms with E-state index < -0.39 is 17.6 Å². The Balaban J connectivity index is 1.46. The zero-order valence-electron chi connectivity index (χ0n) is 15.8. The molecule has 154 valence electrons. The summed E-state index contributed by atoms with van der Waals surface area (Å²) in [6.45, 7) is 0. The number of hydrogen-bond donors (Lipinski definition) is 1. The van der Waals surface area contributed by atoms with Crippen LogP contribution in [0.25, 0.3) is 22.1 Å². The summed E-state index contributed by atoms with van der Waals surface area (Å²) in [5, 5.41) is 10.5. The first kappa shape index (κ1) is 18.7. The van der Waals surface area contributed by atoms with Crippen LogP contribution in [0.3, 0.4) is 0 Å². The van der Waals surface area contributed by atoms with Gasteiger partial charge in [-0.1, -0.05) is 5.21 Å². The van der Waals surface area contributed by atoms with E-state index in [0.717, 1.165) is 11.6 Å². The molecule has 2 aromatic carbocycles. The Morgan fingerprint density at radius 2 is 1.81 bits per heavy atom. The molecule has 8 nitrogen and oxygen atoms in total. The maximum absolute atomic E-state index is 14.7. The van der Waals surface area contributed by atoms with Crippen molar-refractivity contribution in [1.29, 1.82) is 0 Å². The van der Waals surface area contributed by atoms with Crippen molar-refractivity contribution in [3.05, 3.63) is 66.4 Å². The van der Waals surface area contributed by atoms with Gasteiger partial charge in [0.1, 0.15) is 23.1 Å². The summed E-state index contributed by atoms with van der Waals surface area (Å²) in [6.07, 6.45) is 1.21. The van der Waals surface area contributed by atoms with Crippen LogP contribution in [0.4, 0.5) is 24.7 Å². The van der Waals surface area contributed by atoms with Gasteiger partial charge < -0.3 is 10.1 Å². The maximum atomic E-state index is 14.7. The lowest BCUT2D eigenvalue weighted by molar-refractivity contribution is 0.417.